The van der Waals surface area contributed by atoms with Gasteiger partial charge in [0, 0.05) is 13.6 Å². The summed E-state index contributed by atoms with van der Waals surface area (Å²) in [4.78, 5) is 20.9. The van der Waals surface area contributed by atoms with Gasteiger partial charge >= 0.3 is 5.97 Å². The van der Waals surface area contributed by atoms with Gasteiger partial charge in [-0.1, -0.05) is 0 Å². The molecule has 1 aromatic heterocycles. The Labute approximate surface area is 94.2 Å². The molecule has 88 valence electrons. The van der Waals surface area contributed by atoms with Gasteiger partial charge in [-0.05, 0) is 0 Å². The van der Waals surface area contributed by atoms with Gasteiger partial charge in [0.25, 0.3) is 0 Å². The zero-order valence-corrected chi connectivity index (χ0v) is 9.64. The number of ether oxygens (including phenoxy) is 2. The largest absolute Gasteiger partial charge is 0.480 e. The third-order valence-corrected chi connectivity index (χ3v) is 2.08. The van der Waals surface area contributed by atoms with Gasteiger partial charge in [-0.15, -0.1) is 0 Å². The topological polar surface area (TPSA) is 64.5 Å². The van der Waals surface area contributed by atoms with Crippen molar-refractivity contribution in [1.82, 2.24) is 9.97 Å². The van der Waals surface area contributed by atoms with Gasteiger partial charge < -0.3 is 14.4 Å². The lowest BCUT2D eigenvalue weighted by Crippen LogP contribution is -2.22. The van der Waals surface area contributed by atoms with E-state index >= 15 is 0 Å². The second kappa shape index (κ2) is 5.89. The molecule has 0 spiro atoms. The summed E-state index contributed by atoms with van der Waals surface area (Å²) in [5.74, 6) is 0.855. The lowest BCUT2D eigenvalue weighted by molar-refractivity contribution is -0.140. The number of aromatic nitrogens is 2. The predicted octanol–water partition coefficient (Wildman–Crippen LogP) is 0.484. The first kappa shape index (κ1) is 12.2. The summed E-state index contributed by atoms with van der Waals surface area (Å²) >= 11 is 0. The molecule has 6 heteroatoms. The number of carbonyl (C=O) groups excluding carboxylic acids is 1. The molecule has 6 nitrogen and oxygen atoms in total. The molecular formula is C10H15N3O3. The summed E-state index contributed by atoms with van der Waals surface area (Å²) in [5.41, 5.74) is 0. The molecule has 0 aliphatic carbocycles. The molecule has 0 atom stereocenters. The Morgan fingerprint density at radius 1 is 1.44 bits per heavy atom. The van der Waals surface area contributed by atoms with Crippen LogP contribution in [0, 0.1) is 0 Å². The fourth-order valence-electron chi connectivity index (χ4n) is 1.10. The van der Waals surface area contributed by atoms with Crippen LogP contribution in [0.15, 0.2) is 12.4 Å². The van der Waals surface area contributed by atoms with Crippen LogP contribution in [0.5, 0.6) is 5.88 Å². The Balaban J connectivity index is 2.58. The highest BCUT2D eigenvalue weighted by Gasteiger charge is 2.07. The van der Waals surface area contributed by atoms with Gasteiger partial charge in [0.2, 0.25) is 5.88 Å². The van der Waals surface area contributed by atoms with E-state index in [1.165, 1.54) is 20.4 Å². The maximum atomic E-state index is 11.0. The Morgan fingerprint density at radius 3 is 2.81 bits per heavy atom. The number of anilines is 1. The normalized spacial score (nSPS) is 9.69. The van der Waals surface area contributed by atoms with Gasteiger partial charge in [-0.25, -0.2) is 0 Å². The first-order valence-electron chi connectivity index (χ1n) is 4.81. The number of esters is 1. The number of hydrogen-bond acceptors (Lipinski definition) is 6. The average molecular weight is 225 g/mol. The maximum Gasteiger partial charge on any atom is 0.307 e. The van der Waals surface area contributed by atoms with E-state index in [0.717, 1.165) is 0 Å². The van der Waals surface area contributed by atoms with Crippen LogP contribution in [0.2, 0.25) is 0 Å². The summed E-state index contributed by atoms with van der Waals surface area (Å²) in [7, 11) is 4.72. The zero-order valence-electron chi connectivity index (χ0n) is 9.64. The lowest BCUT2D eigenvalue weighted by Gasteiger charge is -2.17. The van der Waals surface area contributed by atoms with E-state index < -0.39 is 0 Å². The predicted molar refractivity (Wildman–Crippen MR) is 58.5 cm³/mol. The van der Waals surface area contributed by atoms with E-state index in [1.54, 1.807) is 6.20 Å². The molecule has 1 aromatic rings. The fourth-order valence-corrected chi connectivity index (χ4v) is 1.10. The Bertz CT molecular complexity index is 357. The summed E-state index contributed by atoms with van der Waals surface area (Å²) in [6.45, 7) is 0.522. The average Bonchev–Trinajstić information content (AvgIpc) is 2.35. The highest BCUT2D eigenvalue weighted by atomic mass is 16.5. The summed E-state index contributed by atoms with van der Waals surface area (Å²) in [6.07, 6.45) is 3.45. The van der Waals surface area contributed by atoms with Gasteiger partial charge in [0.15, 0.2) is 5.82 Å². The van der Waals surface area contributed by atoms with Crippen LogP contribution < -0.4 is 9.64 Å². The van der Waals surface area contributed by atoms with E-state index in [-0.39, 0.29) is 5.97 Å². The van der Waals surface area contributed by atoms with Gasteiger partial charge in [-0.2, -0.15) is 4.98 Å². The van der Waals surface area contributed by atoms with Crippen molar-refractivity contribution in [3.63, 3.8) is 0 Å². The van der Waals surface area contributed by atoms with Crippen molar-refractivity contribution in [3.05, 3.63) is 12.4 Å². The van der Waals surface area contributed by atoms with Crippen LogP contribution in [0.4, 0.5) is 5.82 Å². The molecular weight excluding hydrogens is 210 g/mol. The Kier molecular flexibility index (Phi) is 4.50. The van der Waals surface area contributed by atoms with Crippen LogP contribution in [-0.4, -0.2) is 43.7 Å². The van der Waals surface area contributed by atoms with E-state index in [0.29, 0.717) is 24.7 Å². The highest BCUT2D eigenvalue weighted by molar-refractivity contribution is 5.69. The molecule has 0 amide bonds. The zero-order chi connectivity index (χ0) is 12.0. The van der Waals surface area contributed by atoms with Crippen LogP contribution in [0.1, 0.15) is 6.42 Å². The summed E-state index contributed by atoms with van der Waals surface area (Å²) < 4.78 is 9.51. The van der Waals surface area contributed by atoms with Gasteiger partial charge in [0.05, 0.1) is 33.0 Å². The lowest BCUT2D eigenvalue weighted by atomic mass is 10.4. The van der Waals surface area contributed by atoms with Gasteiger partial charge in [-0.3, -0.25) is 9.78 Å². The highest BCUT2D eigenvalue weighted by Crippen LogP contribution is 2.12. The smallest absolute Gasteiger partial charge is 0.307 e. The van der Waals surface area contributed by atoms with Crippen LogP contribution in [0.3, 0.4) is 0 Å². The minimum atomic E-state index is -0.247. The molecule has 0 saturated heterocycles. The molecule has 0 aliphatic rings. The number of carbonyl (C=O) groups is 1. The summed E-state index contributed by atoms with van der Waals surface area (Å²) in [5, 5.41) is 0. The fraction of sp³-hybridized carbons (Fsp3) is 0.500. The van der Waals surface area contributed by atoms with Crippen molar-refractivity contribution in [1.29, 1.82) is 0 Å². The van der Waals surface area contributed by atoms with Gasteiger partial charge in [0.1, 0.15) is 0 Å². The first-order chi connectivity index (χ1) is 7.67. The standard InChI is InChI=1S/C10H15N3O3/c1-13(5-4-10(14)16-3)8-6-11-7-9(12-8)15-2/h6-7H,4-5H2,1-3H3. The summed E-state index contributed by atoms with van der Waals surface area (Å²) in [6, 6.07) is 0. The molecule has 0 bridgehead atoms. The molecule has 1 heterocycles. The molecule has 0 N–H and O–H groups in total. The monoisotopic (exact) mass is 225 g/mol. The third-order valence-electron chi connectivity index (χ3n) is 2.08. The minimum absolute atomic E-state index is 0.247. The van der Waals surface area contributed by atoms with E-state index in [9.17, 15) is 4.79 Å². The molecule has 0 radical (unpaired) electrons. The van der Waals surface area contributed by atoms with Crippen molar-refractivity contribution in [3.8, 4) is 5.88 Å². The van der Waals surface area contributed by atoms with Crippen molar-refractivity contribution in [2.75, 3.05) is 32.7 Å². The quantitative estimate of drug-likeness (QED) is 0.679. The second-order valence-electron chi connectivity index (χ2n) is 3.17. The number of rotatable bonds is 5. The molecule has 0 aromatic carbocycles. The van der Waals surface area contributed by atoms with Crippen molar-refractivity contribution < 1.29 is 14.3 Å². The SMILES string of the molecule is COC(=O)CCN(C)c1cncc(OC)n1. The van der Waals surface area contributed by atoms with Crippen LogP contribution in [0.25, 0.3) is 0 Å². The molecule has 0 aliphatic heterocycles. The van der Waals surface area contributed by atoms with E-state index in [4.69, 9.17) is 4.74 Å². The van der Waals surface area contributed by atoms with Crippen molar-refractivity contribution >= 4 is 11.8 Å². The molecule has 0 fully saturated rings. The second-order valence-corrected chi connectivity index (χ2v) is 3.17. The maximum absolute atomic E-state index is 11.0. The number of methoxy groups -OCH3 is 2. The number of nitrogens with zero attached hydrogens (tertiary/aromatic N) is 3. The van der Waals surface area contributed by atoms with Crippen molar-refractivity contribution in [2.24, 2.45) is 0 Å². The molecule has 0 saturated carbocycles. The third kappa shape index (κ3) is 3.38. The molecule has 16 heavy (non-hydrogen) atoms. The van der Waals surface area contributed by atoms with Crippen molar-refractivity contribution in [2.45, 2.75) is 6.42 Å². The Hall–Kier alpha value is -1.85. The minimum Gasteiger partial charge on any atom is -0.480 e. The first-order valence-corrected chi connectivity index (χ1v) is 4.81. The Morgan fingerprint density at radius 2 is 2.19 bits per heavy atom. The molecule has 1 rings (SSSR count). The van der Waals surface area contributed by atoms with E-state index in [2.05, 4.69) is 14.7 Å². The van der Waals surface area contributed by atoms with E-state index in [1.807, 2.05) is 11.9 Å². The van der Waals surface area contributed by atoms with Crippen LogP contribution >= 0.6 is 0 Å². The van der Waals surface area contributed by atoms with Crippen LogP contribution in [-0.2, 0) is 9.53 Å². The molecule has 0 unspecified atom stereocenters. The number of hydrogen-bond donors (Lipinski definition) is 0.